The van der Waals surface area contributed by atoms with Crippen LogP contribution in [0.15, 0.2) is 15.7 Å². The number of carbonyl (C=O) groups is 1. The van der Waals surface area contributed by atoms with Crippen molar-refractivity contribution < 1.29 is 27.3 Å². The minimum atomic E-state index is -3.81. The van der Waals surface area contributed by atoms with E-state index in [1.54, 1.807) is 6.07 Å². The third-order valence-corrected chi connectivity index (χ3v) is 18.2. The number of amides is 1. The molecule has 1 aromatic heterocycles. The van der Waals surface area contributed by atoms with Crippen molar-refractivity contribution in [2.75, 3.05) is 6.54 Å². The van der Waals surface area contributed by atoms with Gasteiger partial charge < -0.3 is 5.11 Å². The van der Waals surface area contributed by atoms with E-state index < -0.39 is 64.5 Å². The first-order valence-electron chi connectivity index (χ1n) is 11.7. The molecule has 0 aliphatic carbocycles. The van der Waals surface area contributed by atoms with E-state index in [9.17, 15) is 22.9 Å². The first-order chi connectivity index (χ1) is 16.0. The third kappa shape index (κ3) is 4.40. The third-order valence-electron chi connectivity index (χ3n) is 8.14. The van der Waals surface area contributed by atoms with Gasteiger partial charge in [0.1, 0.15) is 27.5 Å². The van der Waals surface area contributed by atoms with Crippen LogP contribution in [-0.2, 0) is 15.7 Å². The first-order valence-corrected chi connectivity index (χ1v) is 16.9. The molecule has 1 saturated heterocycles. The van der Waals surface area contributed by atoms with E-state index in [4.69, 9.17) is 0 Å². The predicted octanol–water partition coefficient (Wildman–Crippen LogP) is 4.30. The van der Waals surface area contributed by atoms with Crippen molar-refractivity contribution in [3.05, 3.63) is 22.2 Å². The lowest BCUT2D eigenvalue weighted by Crippen LogP contribution is -2.73. The van der Waals surface area contributed by atoms with Gasteiger partial charge in [-0.05, 0) is 58.1 Å². The summed E-state index contributed by atoms with van der Waals surface area (Å²) in [7, 11) is -6.10. The molecule has 13 heteroatoms. The molecule has 35 heavy (non-hydrogen) atoms. The molecule has 1 aromatic rings. The summed E-state index contributed by atoms with van der Waals surface area (Å²) in [5.74, 6) is -4.01. The van der Waals surface area contributed by atoms with Crippen LogP contribution in [0.25, 0.3) is 0 Å². The number of rotatable bonds is 5. The highest BCUT2D eigenvalue weighted by molar-refractivity contribution is 9.10. The lowest BCUT2D eigenvalue weighted by Gasteiger charge is -2.57. The number of alkyl halides is 2. The van der Waals surface area contributed by atoms with Crippen LogP contribution in [0, 0.1) is 5.82 Å². The first kappa shape index (κ1) is 28.3. The fourth-order valence-corrected chi connectivity index (χ4v) is 13.6. The van der Waals surface area contributed by atoms with Gasteiger partial charge in [0.2, 0.25) is 0 Å². The van der Waals surface area contributed by atoms with Crippen molar-refractivity contribution in [1.29, 1.82) is 0 Å². The topological polar surface area (TPSA) is 104 Å². The van der Waals surface area contributed by atoms with Crippen LogP contribution in [0.3, 0.4) is 0 Å². The van der Waals surface area contributed by atoms with E-state index in [2.05, 4.69) is 35.9 Å². The van der Waals surface area contributed by atoms with E-state index in [-0.39, 0.29) is 11.5 Å². The smallest absolute Gasteiger partial charge is 0.410 e. The number of hydrogen-bond acceptors (Lipinski definition) is 4. The van der Waals surface area contributed by atoms with Crippen LogP contribution in [0.1, 0.15) is 53.7 Å². The lowest BCUT2D eigenvalue weighted by atomic mass is 9.88. The standard InChI is InChI=1S/C22H34BrF3N4O3SSi/c1-7-35(8-2,9-3)13-10-15(23)28-17(16(13)24)21(6)14-11-22(25,26)12-27-34(14,33)20(4,5)18(30-21)29-19(31)32/h10,14,34H,7-9,11-12H2,1-6H3,(H,27,33)(H,29,30)(H,31,32)/t14-,21+/m1/s1. The minimum Gasteiger partial charge on any atom is -0.465 e. The van der Waals surface area contributed by atoms with Gasteiger partial charge in [0.05, 0.1) is 24.6 Å². The molecule has 0 saturated carbocycles. The van der Waals surface area contributed by atoms with Gasteiger partial charge in [-0.15, -0.1) is 0 Å². The molecule has 0 bridgehead atoms. The van der Waals surface area contributed by atoms with Gasteiger partial charge in [0.15, 0.2) is 0 Å². The van der Waals surface area contributed by atoms with Gasteiger partial charge in [-0.2, -0.15) is 0 Å². The van der Waals surface area contributed by atoms with Crippen LogP contribution in [-0.4, -0.2) is 56.8 Å². The molecule has 0 radical (unpaired) electrons. The van der Waals surface area contributed by atoms with Crippen molar-refractivity contribution in [3.63, 3.8) is 0 Å². The number of carboxylic acid groups (broad SMARTS) is 1. The quantitative estimate of drug-likeness (QED) is 0.230. The maximum Gasteiger partial charge on any atom is 0.410 e. The largest absolute Gasteiger partial charge is 0.465 e. The van der Waals surface area contributed by atoms with E-state index in [1.807, 2.05) is 20.8 Å². The SMILES string of the molecule is CC[Si](CC)(CC)c1cc(Br)nc([C@@]2(C)N=C(NC(=O)O)C(C)(C)[SH]3(=O)NCC(F)(F)C[C@H]23)c1F. The zero-order chi connectivity index (χ0) is 26.6. The molecule has 7 nitrogen and oxygen atoms in total. The van der Waals surface area contributed by atoms with Crippen molar-refractivity contribution >= 4 is 51.2 Å². The lowest BCUT2D eigenvalue weighted by molar-refractivity contribution is -0.0139. The predicted molar refractivity (Wildman–Crippen MR) is 140 cm³/mol. The fourth-order valence-electron chi connectivity index (χ4n) is 5.60. The van der Waals surface area contributed by atoms with E-state index in [1.165, 1.54) is 20.8 Å². The van der Waals surface area contributed by atoms with E-state index in [0.29, 0.717) is 9.79 Å². The Morgan fingerprint density at radius 3 is 2.37 bits per heavy atom. The van der Waals surface area contributed by atoms with Crippen LogP contribution in [0.2, 0.25) is 18.1 Å². The number of amidine groups is 1. The Bertz CT molecular complexity index is 1110. The maximum absolute atomic E-state index is 16.4. The average Bonchev–Trinajstić information content (AvgIpc) is 2.77. The second-order valence-corrected chi connectivity index (χ2v) is 19.6. The fraction of sp³-hybridized carbons (Fsp3) is 0.682. The number of aromatic nitrogens is 1. The minimum absolute atomic E-state index is 0.169. The van der Waals surface area contributed by atoms with E-state index in [0.717, 1.165) is 18.1 Å². The molecule has 0 aromatic carbocycles. The molecule has 0 unspecified atom stereocenters. The van der Waals surface area contributed by atoms with Crippen molar-refractivity contribution in [3.8, 4) is 0 Å². The number of pyridine rings is 1. The molecule has 2 aliphatic rings. The molecular formula is C22H34BrF3N4O3SSi. The van der Waals surface area contributed by atoms with Crippen molar-refractivity contribution in [2.45, 2.75) is 87.6 Å². The van der Waals surface area contributed by atoms with Crippen LogP contribution in [0.4, 0.5) is 18.0 Å². The molecule has 3 heterocycles. The maximum atomic E-state index is 16.4. The molecule has 1 fully saturated rings. The molecule has 198 valence electrons. The summed E-state index contributed by atoms with van der Waals surface area (Å²) in [6.07, 6.45) is -2.23. The van der Waals surface area contributed by atoms with Gasteiger partial charge in [0.25, 0.3) is 5.92 Å². The Balaban J connectivity index is 2.40. The van der Waals surface area contributed by atoms with E-state index >= 15 is 4.39 Å². The Morgan fingerprint density at radius 2 is 1.86 bits per heavy atom. The molecule has 1 amide bonds. The van der Waals surface area contributed by atoms with Crippen LogP contribution >= 0.6 is 15.9 Å². The van der Waals surface area contributed by atoms with Gasteiger partial charge >= 0.3 is 6.09 Å². The number of aliphatic imine (C=N–C) groups is 1. The summed E-state index contributed by atoms with van der Waals surface area (Å²) >= 11 is 3.37. The number of hydrogen-bond donors (Lipinski definition) is 4. The van der Waals surface area contributed by atoms with Gasteiger partial charge in [-0.3, -0.25) is 19.2 Å². The van der Waals surface area contributed by atoms with Crippen LogP contribution in [0.5, 0.6) is 0 Å². The molecule has 0 spiro atoms. The number of nitrogens with zero attached hydrogens (tertiary/aromatic N) is 2. The number of halogens is 4. The monoisotopic (exact) mass is 598 g/mol. The summed E-state index contributed by atoms with van der Waals surface area (Å²) in [5.41, 5.74) is -2.00. The van der Waals surface area contributed by atoms with Crippen molar-refractivity contribution in [1.82, 2.24) is 15.0 Å². The van der Waals surface area contributed by atoms with Gasteiger partial charge in [-0.25, -0.2) is 22.9 Å². The highest BCUT2D eigenvalue weighted by Gasteiger charge is 2.63. The Labute approximate surface area is 214 Å². The second kappa shape index (κ2) is 9.21. The average molecular weight is 600 g/mol. The zero-order valence-electron chi connectivity index (χ0n) is 20.8. The Hall–Kier alpha value is -1.31. The molecule has 3 rings (SSSR count). The highest BCUT2D eigenvalue weighted by Crippen LogP contribution is 2.51. The highest BCUT2D eigenvalue weighted by atomic mass is 79.9. The summed E-state index contributed by atoms with van der Waals surface area (Å²) in [4.78, 5) is 20.5. The van der Waals surface area contributed by atoms with Gasteiger partial charge in [0, 0.05) is 6.42 Å². The molecule has 3 N–H and O–H groups in total. The number of nitrogens with one attached hydrogen (secondary N) is 2. The Kier molecular flexibility index (Phi) is 7.44. The summed E-state index contributed by atoms with van der Waals surface area (Å²) in [6, 6.07) is 3.97. The normalized spacial score (nSPS) is 27.9. The Morgan fingerprint density at radius 1 is 1.29 bits per heavy atom. The molecule has 2 atom stereocenters. The summed E-state index contributed by atoms with van der Waals surface area (Å²) in [6.45, 7) is 9.67. The summed E-state index contributed by atoms with van der Waals surface area (Å²) in [5, 5.41) is 10.8. The second-order valence-electron chi connectivity index (χ2n) is 10.2. The number of thiol groups is 1. The summed E-state index contributed by atoms with van der Waals surface area (Å²) < 4.78 is 61.8. The zero-order valence-corrected chi connectivity index (χ0v) is 24.3. The van der Waals surface area contributed by atoms with Crippen LogP contribution < -0.4 is 15.2 Å². The molecular weight excluding hydrogens is 565 g/mol. The molecule has 2 aliphatic heterocycles. The van der Waals surface area contributed by atoms with Crippen molar-refractivity contribution in [2.24, 2.45) is 4.99 Å². The van der Waals surface area contributed by atoms with Gasteiger partial charge in [-0.1, -0.05) is 38.9 Å². The number of fused-ring (bicyclic) bond motifs is 1.